The van der Waals surface area contributed by atoms with Gasteiger partial charge in [0.1, 0.15) is 5.82 Å². The van der Waals surface area contributed by atoms with E-state index in [1.165, 1.54) is 12.1 Å². The molecule has 0 aliphatic carbocycles. The summed E-state index contributed by atoms with van der Waals surface area (Å²) in [6.07, 6.45) is 0. The van der Waals surface area contributed by atoms with Gasteiger partial charge in [0.25, 0.3) is 0 Å². The predicted molar refractivity (Wildman–Crippen MR) is 91.6 cm³/mol. The fourth-order valence-electron chi connectivity index (χ4n) is 2.74. The molecule has 0 unspecified atom stereocenters. The van der Waals surface area contributed by atoms with Crippen LogP contribution in [0.15, 0.2) is 36.4 Å². The van der Waals surface area contributed by atoms with Crippen LogP contribution in [-0.4, -0.2) is 36.4 Å². The van der Waals surface area contributed by atoms with E-state index in [1.54, 1.807) is 0 Å². The van der Waals surface area contributed by atoms with Gasteiger partial charge in [-0.2, -0.15) is 5.10 Å². The molecule has 0 spiro atoms. The van der Waals surface area contributed by atoms with Crippen LogP contribution in [0, 0.1) is 5.82 Å². The summed E-state index contributed by atoms with van der Waals surface area (Å²) in [5.41, 5.74) is 2.10. The number of benzene rings is 1. The van der Waals surface area contributed by atoms with Gasteiger partial charge in [-0.05, 0) is 36.4 Å². The van der Waals surface area contributed by atoms with Crippen molar-refractivity contribution in [3.8, 4) is 0 Å². The Morgan fingerprint density at radius 1 is 0.826 bits per heavy atom. The lowest BCUT2D eigenvalue weighted by atomic mass is 9.92. The quantitative estimate of drug-likeness (QED) is 0.852. The minimum Gasteiger partial charge on any atom is -0.368 e. The molecule has 122 valence electrons. The van der Waals surface area contributed by atoms with E-state index in [4.69, 9.17) is 0 Å². The third-order valence-electron chi connectivity index (χ3n) is 4.21. The fourth-order valence-corrected chi connectivity index (χ4v) is 2.74. The van der Waals surface area contributed by atoms with Gasteiger partial charge in [0.05, 0.1) is 5.69 Å². The normalized spacial score (nSPS) is 15.8. The zero-order valence-corrected chi connectivity index (χ0v) is 14.0. The zero-order valence-electron chi connectivity index (χ0n) is 14.0. The average Bonchev–Trinajstić information content (AvgIpc) is 2.55. The highest BCUT2D eigenvalue weighted by molar-refractivity contribution is 5.49. The van der Waals surface area contributed by atoms with E-state index >= 15 is 0 Å². The molecule has 0 bridgehead atoms. The summed E-state index contributed by atoms with van der Waals surface area (Å²) < 4.78 is 13.0. The molecule has 0 atom stereocenters. The molecule has 4 nitrogen and oxygen atoms in total. The lowest BCUT2D eigenvalue weighted by Gasteiger charge is -2.36. The highest BCUT2D eigenvalue weighted by atomic mass is 19.1. The summed E-state index contributed by atoms with van der Waals surface area (Å²) in [7, 11) is 0. The molecule has 0 radical (unpaired) electrons. The number of hydrogen-bond acceptors (Lipinski definition) is 4. The van der Waals surface area contributed by atoms with Crippen molar-refractivity contribution in [2.45, 2.75) is 26.2 Å². The Kier molecular flexibility index (Phi) is 4.20. The van der Waals surface area contributed by atoms with Gasteiger partial charge in [-0.3, -0.25) is 0 Å². The molecule has 0 N–H and O–H groups in total. The summed E-state index contributed by atoms with van der Waals surface area (Å²) in [4.78, 5) is 4.52. The van der Waals surface area contributed by atoms with Gasteiger partial charge in [-0.1, -0.05) is 20.8 Å². The molecule has 1 saturated heterocycles. The van der Waals surface area contributed by atoms with Crippen molar-refractivity contribution in [1.82, 2.24) is 10.2 Å². The molecular formula is C18H23FN4. The van der Waals surface area contributed by atoms with E-state index < -0.39 is 0 Å². The highest BCUT2D eigenvalue weighted by Crippen LogP contribution is 2.22. The molecule has 1 aliphatic heterocycles. The van der Waals surface area contributed by atoms with Crippen molar-refractivity contribution >= 4 is 11.5 Å². The summed E-state index contributed by atoms with van der Waals surface area (Å²) >= 11 is 0. The lowest BCUT2D eigenvalue weighted by molar-refractivity contribution is 0.556. The third-order valence-corrected chi connectivity index (χ3v) is 4.21. The van der Waals surface area contributed by atoms with Gasteiger partial charge in [0.15, 0.2) is 5.82 Å². The first-order chi connectivity index (χ1) is 10.9. The van der Waals surface area contributed by atoms with Crippen LogP contribution in [-0.2, 0) is 5.41 Å². The molecule has 23 heavy (non-hydrogen) atoms. The maximum atomic E-state index is 13.0. The van der Waals surface area contributed by atoms with Gasteiger partial charge in [-0.25, -0.2) is 4.39 Å². The minimum atomic E-state index is -0.193. The summed E-state index contributed by atoms with van der Waals surface area (Å²) in [6.45, 7) is 9.99. The Hall–Kier alpha value is -2.17. The Morgan fingerprint density at radius 3 is 1.96 bits per heavy atom. The van der Waals surface area contributed by atoms with E-state index in [2.05, 4.69) is 52.9 Å². The van der Waals surface area contributed by atoms with E-state index in [0.717, 1.165) is 43.4 Å². The second-order valence-electron chi connectivity index (χ2n) is 6.98. The summed E-state index contributed by atoms with van der Waals surface area (Å²) in [5, 5.41) is 8.75. The first-order valence-corrected chi connectivity index (χ1v) is 8.03. The third kappa shape index (κ3) is 3.60. The molecule has 2 heterocycles. The van der Waals surface area contributed by atoms with Gasteiger partial charge in [0, 0.05) is 37.3 Å². The molecule has 1 aliphatic rings. The van der Waals surface area contributed by atoms with E-state index in [1.807, 2.05) is 12.1 Å². The van der Waals surface area contributed by atoms with Crippen LogP contribution in [0.25, 0.3) is 0 Å². The molecule has 5 heteroatoms. The number of halogens is 1. The van der Waals surface area contributed by atoms with Crippen molar-refractivity contribution in [2.24, 2.45) is 0 Å². The maximum Gasteiger partial charge on any atom is 0.151 e. The summed E-state index contributed by atoms with van der Waals surface area (Å²) in [6, 6.07) is 10.8. The van der Waals surface area contributed by atoms with Crippen molar-refractivity contribution in [3.05, 3.63) is 47.9 Å². The summed E-state index contributed by atoms with van der Waals surface area (Å²) in [5.74, 6) is 0.735. The molecule has 2 aromatic rings. The number of anilines is 2. The van der Waals surface area contributed by atoms with Crippen molar-refractivity contribution < 1.29 is 4.39 Å². The maximum absolute atomic E-state index is 13.0. The van der Waals surface area contributed by atoms with Crippen LogP contribution < -0.4 is 9.80 Å². The van der Waals surface area contributed by atoms with Crippen LogP contribution in [0.1, 0.15) is 26.5 Å². The second-order valence-corrected chi connectivity index (χ2v) is 6.98. The van der Waals surface area contributed by atoms with Crippen molar-refractivity contribution in [1.29, 1.82) is 0 Å². The van der Waals surface area contributed by atoms with Crippen molar-refractivity contribution in [3.63, 3.8) is 0 Å². The highest BCUT2D eigenvalue weighted by Gasteiger charge is 2.20. The van der Waals surface area contributed by atoms with Crippen molar-refractivity contribution in [2.75, 3.05) is 36.0 Å². The van der Waals surface area contributed by atoms with Gasteiger partial charge in [-0.15, -0.1) is 5.10 Å². The standard InChI is InChI=1S/C18H23FN4/c1-18(2,3)16-8-9-17(21-20-16)23-12-10-22(11-13-23)15-6-4-14(19)5-7-15/h4-9H,10-13H2,1-3H3. The van der Waals surface area contributed by atoms with E-state index in [-0.39, 0.29) is 11.2 Å². The van der Waals surface area contributed by atoms with Crippen LogP contribution in [0.3, 0.4) is 0 Å². The first kappa shape index (κ1) is 15.7. The van der Waals surface area contributed by atoms with Crippen LogP contribution in [0.5, 0.6) is 0 Å². The number of piperazine rings is 1. The number of rotatable bonds is 2. The average molecular weight is 314 g/mol. The molecular weight excluding hydrogens is 291 g/mol. The minimum absolute atomic E-state index is 0.0206. The molecule has 1 fully saturated rings. The zero-order chi connectivity index (χ0) is 16.4. The molecule has 1 aromatic carbocycles. The first-order valence-electron chi connectivity index (χ1n) is 8.03. The molecule has 1 aromatic heterocycles. The Bertz CT molecular complexity index is 638. The van der Waals surface area contributed by atoms with E-state index in [0.29, 0.717) is 0 Å². The van der Waals surface area contributed by atoms with Crippen LogP contribution in [0.4, 0.5) is 15.9 Å². The van der Waals surface area contributed by atoms with Crippen LogP contribution in [0.2, 0.25) is 0 Å². The Morgan fingerprint density at radius 2 is 1.43 bits per heavy atom. The van der Waals surface area contributed by atoms with E-state index in [9.17, 15) is 4.39 Å². The molecule has 0 amide bonds. The Balaban J connectivity index is 1.63. The second kappa shape index (κ2) is 6.14. The monoisotopic (exact) mass is 314 g/mol. The molecule has 0 saturated carbocycles. The Labute approximate surface area is 136 Å². The molecule has 3 rings (SSSR count). The topological polar surface area (TPSA) is 32.3 Å². The lowest BCUT2D eigenvalue weighted by Crippen LogP contribution is -2.47. The van der Waals surface area contributed by atoms with Gasteiger partial charge < -0.3 is 9.80 Å². The van der Waals surface area contributed by atoms with Crippen LogP contribution >= 0.6 is 0 Å². The van der Waals surface area contributed by atoms with Gasteiger partial charge in [0.2, 0.25) is 0 Å². The number of nitrogens with zero attached hydrogens (tertiary/aromatic N) is 4. The largest absolute Gasteiger partial charge is 0.368 e. The number of aromatic nitrogens is 2. The smallest absolute Gasteiger partial charge is 0.151 e. The SMILES string of the molecule is CC(C)(C)c1ccc(N2CCN(c3ccc(F)cc3)CC2)nn1. The predicted octanol–water partition coefficient (Wildman–Crippen LogP) is 3.24. The fraction of sp³-hybridized carbons (Fsp3) is 0.444. The van der Waals surface area contributed by atoms with Gasteiger partial charge >= 0.3 is 0 Å². The number of hydrogen-bond donors (Lipinski definition) is 0.